The van der Waals surface area contributed by atoms with Gasteiger partial charge in [-0.15, -0.1) is 0 Å². The first kappa shape index (κ1) is 16.2. The van der Waals surface area contributed by atoms with Gasteiger partial charge < -0.3 is 0 Å². The van der Waals surface area contributed by atoms with E-state index in [1.807, 2.05) is 0 Å². The summed E-state index contributed by atoms with van der Waals surface area (Å²) in [4.78, 5) is 0. The second kappa shape index (κ2) is 6.83. The van der Waals surface area contributed by atoms with Crippen LogP contribution in [-0.4, -0.2) is 19.1 Å². The van der Waals surface area contributed by atoms with Crippen molar-refractivity contribution < 1.29 is 26.1 Å². The molecule has 1 N–H and O–H groups in total. The molecule has 0 bridgehead atoms. The Morgan fingerprint density at radius 3 is 1.94 bits per heavy atom. The highest BCUT2D eigenvalue weighted by Crippen LogP contribution is 2.21. The van der Waals surface area contributed by atoms with Gasteiger partial charge in [0.05, 0.1) is 0 Å². The molecule has 0 fully saturated rings. The standard InChI is InChI=1S/C9H9F3.ClHO3S/c10-9(11,12)7-6-8-4-2-1-3-5-8;1-5(2,3)4/h1-5H,6-7H2;(H,2,3,4). The first-order valence-electron chi connectivity index (χ1n) is 4.35. The summed E-state index contributed by atoms with van der Waals surface area (Å²) in [6, 6.07) is 8.67. The van der Waals surface area contributed by atoms with E-state index in [1.54, 1.807) is 30.3 Å². The number of benzene rings is 1. The first-order chi connectivity index (χ1) is 7.58. The van der Waals surface area contributed by atoms with Crippen LogP contribution in [0.1, 0.15) is 12.0 Å². The van der Waals surface area contributed by atoms with Crippen molar-refractivity contribution >= 4 is 20.0 Å². The molecule has 0 heterocycles. The third kappa shape index (κ3) is 15.2. The van der Waals surface area contributed by atoms with Crippen LogP contribution in [0.5, 0.6) is 0 Å². The van der Waals surface area contributed by atoms with Crippen molar-refractivity contribution in [3.63, 3.8) is 0 Å². The Labute approximate surface area is 101 Å². The van der Waals surface area contributed by atoms with Crippen LogP contribution < -0.4 is 0 Å². The molecule has 1 rings (SSSR count). The molecule has 3 nitrogen and oxygen atoms in total. The van der Waals surface area contributed by atoms with Crippen LogP contribution in [0.2, 0.25) is 0 Å². The fraction of sp³-hybridized carbons (Fsp3) is 0.333. The minimum atomic E-state index is -4.19. The summed E-state index contributed by atoms with van der Waals surface area (Å²) in [5, 5.41) is 0. The van der Waals surface area contributed by atoms with E-state index in [2.05, 4.69) is 10.7 Å². The Morgan fingerprint density at radius 2 is 1.59 bits per heavy atom. The predicted molar refractivity (Wildman–Crippen MR) is 58.2 cm³/mol. The van der Waals surface area contributed by atoms with E-state index in [4.69, 9.17) is 13.0 Å². The number of hydrogen-bond acceptors (Lipinski definition) is 2. The summed E-state index contributed by atoms with van der Waals surface area (Å²) in [6.07, 6.45) is -4.71. The molecule has 8 heteroatoms. The van der Waals surface area contributed by atoms with E-state index in [9.17, 15) is 13.2 Å². The predicted octanol–water partition coefficient (Wildman–Crippen LogP) is 3.21. The number of hydrogen-bond donors (Lipinski definition) is 1. The lowest BCUT2D eigenvalue weighted by atomic mass is 10.1. The molecular formula is C9H10ClF3O3S. The normalized spacial score (nSPS) is 11.6. The Balaban J connectivity index is 0.000000437. The van der Waals surface area contributed by atoms with Crippen molar-refractivity contribution in [2.75, 3.05) is 0 Å². The molecule has 98 valence electrons. The summed E-state index contributed by atoms with van der Waals surface area (Å²) in [7, 11) is -0.137. The minimum absolute atomic E-state index is 0.0737. The molecule has 0 aromatic heterocycles. The summed E-state index contributed by atoms with van der Waals surface area (Å²) in [5.41, 5.74) is 0.731. The van der Waals surface area contributed by atoms with E-state index in [-0.39, 0.29) is 6.42 Å². The summed E-state index contributed by atoms with van der Waals surface area (Å²) in [6.45, 7) is 0. The van der Waals surface area contributed by atoms with Crippen LogP contribution in [0.4, 0.5) is 13.2 Å². The molecule has 0 aliphatic heterocycles. The lowest BCUT2D eigenvalue weighted by Crippen LogP contribution is -2.08. The van der Waals surface area contributed by atoms with Crippen molar-refractivity contribution in [3.8, 4) is 0 Å². The SMILES string of the molecule is FC(F)(F)CCc1ccccc1.O=S(=O)(O)Cl. The number of aryl methyl sites for hydroxylation is 1. The summed E-state index contributed by atoms with van der Waals surface area (Å²) < 4.78 is 60.4. The third-order valence-electron chi connectivity index (χ3n) is 1.54. The van der Waals surface area contributed by atoms with E-state index >= 15 is 0 Å². The van der Waals surface area contributed by atoms with Gasteiger partial charge in [0.25, 0.3) is 0 Å². The van der Waals surface area contributed by atoms with Crippen LogP contribution in [0.15, 0.2) is 30.3 Å². The molecule has 1 aromatic rings. The molecule has 1 aromatic carbocycles. The van der Waals surface area contributed by atoms with Gasteiger partial charge in [0.15, 0.2) is 0 Å². The van der Waals surface area contributed by atoms with Gasteiger partial charge in [0.1, 0.15) is 0 Å². The van der Waals surface area contributed by atoms with E-state index < -0.39 is 21.9 Å². The molecule has 0 amide bonds. The third-order valence-corrected chi connectivity index (χ3v) is 1.54. The van der Waals surface area contributed by atoms with Crippen LogP contribution in [0.3, 0.4) is 0 Å². The Kier molecular flexibility index (Phi) is 6.51. The zero-order chi connectivity index (χ0) is 13.5. The highest BCUT2D eigenvalue weighted by Gasteiger charge is 2.26. The first-order valence-corrected chi connectivity index (χ1v) is 6.62. The van der Waals surface area contributed by atoms with Gasteiger partial charge in [-0.2, -0.15) is 21.6 Å². The minimum Gasteiger partial charge on any atom is -0.273 e. The maximum absolute atomic E-state index is 11.7. The van der Waals surface area contributed by atoms with Crippen molar-refractivity contribution in [2.45, 2.75) is 19.0 Å². The van der Waals surface area contributed by atoms with E-state index in [0.717, 1.165) is 5.56 Å². The van der Waals surface area contributed by atoms with Crippen molar-refractivity contribution in [1.29, 1.82) is 0 Å². The van der Waals surface area contributed by atoms with Gasteiger partial charge in [0.2, 0.25) is 0 Å². The topological polar surface area (TPSA) is 54.4 Å². The zero-order valence-electron chi connectivity index (χ0n) is 8.48. The van der Waals surface area contributed by atoms with Gasteiger partial charge in [0, 0.05) is 17.1 Å². The van der Waals surface area contributed by atoms with Crippen molar-refractivity contribution in [1.82, 2.24) is 0 Å². The second-order valence-corrected chi connectivity index (χ2v) is 5.01. The van der Waals surface area contributed by atoms with Gasteiger partial charge in [-0.05, 0) is 12.0 Å². The molecule has 0 aliphatic carbocycles. The van der Waals surface area contributed by atoms with Gasteiger partial charge in [-0.25, -0.2) is 0 Å². The monoisotopic (exact) mass is 290 g/mol. The van der Waals surface area contributed by atoms with Crippen LogP contribution in [-0.2, 0) is 15.8 Å². The fourth-order valence-corrected chi connectivity index (χ4v) is 0.931. The maximum Gasteiger partial charge on any atom is 0.389 e. The van der Waals surface area contributed by atoms with E-state index in [0.29, 0.717) is 0 Å². The highest BCUT2D eigenvalue weighted by atomic mass is 35.7. The highest BCUT2D eigenvalue weighted by molar-refractivity contribution is 8.09. The molecule has 0 aliphatic rings. The molecule has 0 saturated heterocycles. The van der Waals surface area contributed by atoms with Crippen molar-refractivity contribution in [2.24, 2.45) is 0 Å². The van der Waals surface area contributed by atoms with Gasteiger partial charge >= 0.3 is 15.5 Å². The lowest BCUT2D eigenvalue weighted by Gasteiger charge is -2.04. The number of rotatable bonds is 2. The van der Waals surface area contributed by atoms with E-state index in [1.165, 1.54) is 0 Å². The van der Waals surface area contributed by atoms with Crippen LogP contribution in [0.25, 0.3) is 0 Å². The van der Waals surface area contributed by atoms with Crippen molar-refractivity contribution in [3.05, 3.63) is 35.9 Å². The number of alkyl halides is 3. The lowest BCUT2D eigenvalue weighted by molar-refractivity contribution is -0.133. The average molecular weight is 291 g/mol. The molecule has 0 radical (unpaired) electrons. The largest absolute Gasteiger partial charge is 0.389 e. The van der Waals surface area contributed by atoms with Crippen LogP contribution in [0, 0.1) is 0 Å². The molecule has 0 unspecified atom stereocenters. The number of halogens is 4. The molecule has 0 atom stereocenters. The average Bonchev–Trinajstić information content (AvgIpc) is 2.13. The molecule has 17 heavy (non-hydrogen) atoms. The quantitative estimate of drug-likeness (QED) is 0.672. The Morgan fingerprint density at radius 1 is 1.18 bits per heavy atom. The molecule has 0 spiro atoms. The summed E-state index contributed by atoms with van der Waals surface area (Å²) >= 11 is 0. The maximum atomic E-state index is 11.7. The zero-order valence-corrected chi connectivity index (χ0v) is 10.1. The fourth-order valence-electron chi connectivity index (χ4n) is 0.931. The van der Waals surface area contributed by atoms with Gasteiger partial charge in [-0.1, -0.05) is 30.3 Å². The molecular weight excluding hydrogens is 281 g/mol. The van der Waals surface area contributed by atoms with Gasteiger partial charge in [-0.3, -0.25) is 4.55 Å². The second-order valence-electron chi connectivity index (χ2n) is 3.01. The smallest absolute Gasteiger partial charge is 0.273 e. The Bertz CT molecular complexity index is 409. The molecule has 0 saturated carbocycles. The van der Waals surface area contributed by atoms with Crippen LogP contribution >= 0.6 is 10.7 Å². The Hall–Kier alpha value is -0.790. The summed E-state index contributed by atoms with van der Waals surface area (Å²) in [5.74, 6) is 0.